The summed E-state index contributed by atoms with van der Waals surface area (Å²) in [6.45, 7) is 0.634. The van der Waals surface area contributed by atoms with Gasteiger partial charge in [-0.3, -0.25) is 9.59 Å². The molecule has 0 aliphatic carbocycles. The van der Waals surface area contributed by atoms with Crippen molar-refractivity contribution in [1.82, 2.24) is 9.80 Å². The number of likely N-dealkylation sites (N-methyl/N-ethyl adjacent to an activating group) is 1. The van der Waals surface area contributed by atoms with Crippen molar-refractivity contribution in [3.8, 4) is 0 Å². The Morgan fingerprint density at radius 3 is 2.50 bits per heavy atom. The molecular formula is C11H15ClN2O3S. The molecule has 0 saturated carbocycles. The van der Waals surface area contributed by atoms with Crippen LogP contribution in [-0.4, -0.2) is 60.5 Å². The molecule has 0 aliphatic heterocycles. The van der Waals surface area contributed by atoms with Crippen molar-refractivity contribution in [3.63, 3.8) is 0 Å². The molecule has 1 rings (SSSR count). The zero-order valence-electron chi connectivity index (χ0n) is 10.2. The summed E-state index contributed by atoms with van der Waals surface area (Å²) in [5.74, 6) is -1.37. The lowest BCUT2D eigenvalue weighted by Gasteiger charge is -2.22. The average molecular weight is 291 g/mol. The molecule has 0 saturated heterocycles. The van der Waals surface area contributed by atoms with Gasteiger partial charge >= 0.3 is 5.97 Å². The molecule has 100 valence electrons. The number of amides is 1. The maximum atomic E-state index is 12.1. The van der Waals surface area contributed by atoms with E-state index in [-0.39, 0.29) is 12.5 Å². The Morgan fingerprint density at radius 2 is 2.06 bits per heavy atom. The topological polar surface area (TPSA) is 60.9 Å². The summed E-state index contributed by atoms with van der Waals surface area (Å²) >= 11 is 7.10. The van der Waals surface area contributed by atoms with Crippen molar-refractivity contribution in [1.29, 1.82) is 0 Å². The van der Waals surface area contributed by atoms with Crippen molar-refractivity contribution in [3.05, 3.63) is 21.3 Å². The fourth-order valence-corrected chi connectivity index (χ4v) is 2.43. The van der Waals surface area contributed by atoms with E-state index in [2.05, 4.69) is 0 Å². The van der Waals surface area contributed by atoms with Gasteiger partial charge < -0.3 is 14.9 Å². The molecule has 1 N–H and O–H groups in total. The van der Waals surface area contributed by atoms with Gasteiger partial charge in [0.25, 0.3) is 5.91 Å². The molecule has 1 aromatic heterocycles. The van der Waals surface area contributed by atoms with Crippen LogP contribution in [0.25, 0.3) is 0 Å². The third-order valence-electron chi connectivity index (χ3n) is 2.24. The minimum absolute atomic E-state index is 0.319. The molecule has 0 aliphatic rings. The fraction of sp³-hybridized carbons (Fsp3) is 0.455. The zero-order chi connectivity index (χ0) is 13.7. The minimum Gasteiger partial charge on any atom is -0.480 e. The van der Waals surface area contributed by atoms with Crippen molar-refractivity contribution >= 4 is 34.8 Å². The summed E-state index contributed by atoms with van der Waals surface area (Å²) in [6.07, 6.45) is 0. The third-order valence-corrected chi connectivity index (χ3v) is 3.57. The second kappa shape index (κ2) is 6.72. The first-order valence-electron chi connectivity index (χ1n) is 5.30. The second-order valence-corrected chi connectivity index (χ2v) is 5.34. The number of carboxylic acids is 1. The first-order valence-corrected chi connectivity index (χ1v) is 6.56. The van der Waals surface area contributed by atoms with Crippen LogP contribution >= 0.6 is 22.9 Å². The summed E-state index contributed by atoms with van der Waals surface area (Å²) in [7, 11) is 3.73. The van der Waals surface area contributed by atoms with Crippen LogP contribution in [0.2, 0.25) is 5.02 Å². The highest BCUT2D eigenvalue weighted by molar-refractivity contribution is 7.12. The van der Waals surface area contributed by atoms with E-state index in [0.29, 0.717) is 23.0 Å². The van der Waals surface area contributed by atoms with E-state index in [9.17, 15) is 9.59 Å². The van der Waals surface area contributed by atoms with E-state index in [1.165, 1.54) is 16.2 Å². The van der Waals surface area contributed by atoms with Gasteiger partial charge in [0.05, 0.1) is 5.02 Å². The normalized spacial score (nSPS) is 10.7. The van der Waals surface area contributed by atoms with Crippen LogP contribution in [0, 0.1) is 0 Å². The second-order valence-electron chi connectivity index (χ2n) is 4.02. The fourth-order valence-electron chi connectivity index (χ4n) is 1.33. The molecular weight excluding hydrogens is 276 g/mol. The predicted molar refractivity (Wildman–Crippen MR) is 71.4 cm³/mol. The van der Waals surface area contributed by atoms with Gasteiger partial charge in [-0.1, -0.05) is 11.6 Å². The number of aliphatic carboxylic acids is 1. The van der Waals surface area contributed by atoms with Crippen LogP contribution in [0.4, 0.5) is 0 Å². The van der Waals surface area contributed by atoms with E-state index in [0.717, 1.165) is 0 Å². The number of carbonyl (C=O) groups is 2. The Hall–Kier alpha value is -1.11. The quantitative estimate of drug-likeness (QED) is 0.862. The van der Waals surface area contributed by atoms with Crippen LogP contribution < -0.4 is 0 Å². The lowest BCUT2D eigenvalue weighted by atomic mass is 10.3. The van der Waals surface area contributed by atoms with E-state index >= 15 is 0 Å². The SMILES string of the molecule is CN(C)CCN(CC(=O)O)C(=O)c1sccc1Cl. The zero-order valence-corrected chi connectivity index (χ0v) is 11.8. The number of nitrogens with zero attached hydrogens (tertiary/aromatic N) is 2. The molecule has 1 heterocycles. The molecule has 0 bridgehead atoms. The van der Waals surface area contributed by atoms with E-state index in [1.807, 2.05) is 19.0 Å². The highest BCUT2D eigenvalue weighted by Crippen LogP contribution is 2.23. The van der Waals surface area contributed by atoms with Gasteiger partial charge in [0.1, 0.15) is 11.4 Å². The molecule has 1 amide bonds. The van der Waals surface area contributed by atoms with Crippen molar-refractivity contribution in [2.75, 3.05) is 33.7 Å². The number of thiophene rings is 1. The maximum Gasteiger partial charge on any atom is 0.323 e. The maximum absolute atomic E-state index is 12.1. The van der Waals surface area contributed by atoms with Gasteiger partial charge in [0.15, 0.2) is 0 Å². The van der Waals surface area contributed by atoms with Crippen molar-refractivity contribution < 1.29 is 14.7 Å². The molecule has 0 unspecified atom stereocenters. The van der Waals surface area contributed by atoms with Gasteiger partial charge in [0, 0.05) is 13.1 Å². The number of rotatable bonds is 6. The minimum atomic E-state index is -1.03. The Labute approximate surface area is 115 Å². The summed E-state index contributed by atoms with van der Waals surface area (Å²) < 4.78 is 0. The third kappa shape index (κ3) is 4.29. The Balaban J connectivity index is 2.79. The molecule has 0 spiro atoms. The van der Waals surface area contributed by atoms with Crippen LogP contribution in [0.3, 0.4) is 0 Å². The van der Waals surface area contributed by atoms with Gasteiger partial charge in [-0.05, 0) is 25.5 Å². The van der Waals surface area contributed by atoms with Crippen LogP contribution in [-0.2, 0) is 4.79 Å². The average Bonchev–Trinajstić information content (AvgIpc) is 2.69. The summed E-state index contributed by atoms with van der Waals surface area (Å²) in [4.78, 5) is 26.5. The van der Waals surface area contributed by atoms with Crippen molar-refractivity contribution in [2.45, 2.75) is 0 Å². The predicted octanol–water partition coefficient (Wildman–Crippen LogP) is 1.49. The smallest absolute Gasteiger partial charge is 0.323 e. The Bertz CT molecular complexity index is 434. The van der Waals surface area contributed by atoms with Crippen molar-refractivity contribution in [2.24, 2.45) is 0 Å². The lowest BCUT2D eigenvalue weighted by molar-refractivity contribution is -0.137. The van der Waals surface area contributed by atoms with Gasteiger partial charge in [-0.15, -0.1) is 11.3 Å². The van der Waals surface area contributed by atoms with Gasteiger partial charge in [-0.25, -0.2) is 0 Å². The number of carboxylic acid groups (broad SMARTS) is 1. The van der Waals surface area contributed by atoms with Gasteiger partial charge in [-0.2, -0.15) is 0 Å². The standard InChI is InChI=1S/C11H15ClN2O3S/c1-13(2)4-5-14(7-9(15)16)11(17)10-8(12)3-6-18-10/h3,6H,4-5,7H2,1-2H3,(H,15,16). The number of hydrogen-bond donors (Lipinski definition) is 1. The summed E-state index contributed by atoms with van der Waals surface area (Å²) in [5.41, 5.74) is 0. The van der Waals surface area contributed by atoms with Crippen LogP contribution in [0.1, 0.15) is 9.67 Å². The first-order chi connectivity index (χ1) is 8.41. The lowest BCUT2D eigenvalue weighted by Crippen LogP contribution is -2.39. The van der Waals surface area contributed by atoms with Crippen LogP contribution in [0.15, 0.2) is 11.4 Å². The molecule has 0 fully saturated rings. The van der Waals surface area contributed by atoms with E-state index < -0.39 is 5.97 Å². The molecule has 0 radical (unpaired) electrons. The molecule has 0 aromatic carbocycles. The number of hydrogen-bond acceptors (Lipinski definition) is 4. The number of halogens is 1. The Morgan fingerprint density at radius 1 is 1.39 bits per heavy atom. The van der Waals surface area contributed by atoms with Gasteiger partial charge in [0.2, 0.25) is 0 Å². The van der Waals surface area contributed by atoms with E-state index in [1.54, 1.807) is 11.4 Å². The van der Waals surface area contributed by atoms with Crippen LogP contribution in [0.5, 0.6) is 0 Å². The number of carbonyl (C=O) groups excluding carboxylic acids is 1. The molecule has 1 aromatic rings. The first kappa shape index (κ1) is 14.9. The molecule has 7 heteroatoms. The highest BCUT2D eigenvalue weighted by Gasteiger charge is 2.21. The Kier molecular flexibility index (Phi) is 5.58. The monoisotopic (exact) mass is 290 g/mol. The molecule has 18 heavy (non-hydrogen) atoms. The summed E-state index contributed by atoms with van der Waals surface area (Å²) in [5, 5.41) is 10.9. The summed E-state index contributed by atoms with van der Waals surface area (Å²) in [6, 6.07) is 1.63. The molecule has 5 nitrogen and oxygen atoms in total. The largest absolute Gasteiger partial charge is 0.480 e. The highest BCUT2D eigenvalue weighted by atomic mass is 35.5. The van der Waals surface area contributed by atoms with E-state index in [4.69, 9.17) is 16.7 Å². The molecule has 0 atom stereocenters.